The number of nitrogens with zero attached hydrogens (tertiary/aromatic N) is 2. The third kappa shape index (κ3) is 2.70. The van der Waals surface area contributed by atoms with Gasteiger partial charge in [0, 0.05) is 16.8 Å². The van der Waals surface area contributed by atoms with Crippen LogP contribution in [-0.4, -0.2) is 28.3 Å². The lowest BCUT2D eigenvalue weighted by Gasteiger charge is -2.06. The minimum absolute atomic E-state index is 0.262. The Morgan fingerprint density at radius 2 is 2.38 bits per heavy atom. The summed E-state index contributed by atoms with van der Waals surface area (Å²) in [6, 6.07) is 5.61. The highest BCUT2D eigenvalue weighted by Gasteiger charge is 2.17. The van der Waals surface area contributed by atoms with Crippen LogP contribution < -0.4 is 5.32 Å². The van der Waals surface area contributed by atoms with Crippen molar-refractivity contribution in [1.82, 2.24) is 15.2 Å². The molecular weight excluding hydrogens is 312 g/mol. The number of nitrogens with one attached hydrogen (secondary N) is 2. The van der Waals surface area contributed by atoms with Gasteiger partial charge in [-0.1, -0.05) is 17.7 Å². The van der Waals surface area contributed by atoms with E-state index >= 15 is 0 Å². The van der Waals surface area contributed by atoms with E-state index in [9.17, 15) is 4.79 Å². The topological polar surface area (TPSA) is 79.9 Å². The number of ether oxygens (including phenoxy) is 1. The first-order chi connectivity index (χ1) is 10.2. The molecule has 3 aromatic rings. The van der Waals surface area contributed by atoms with Crippen LogP contribution in [0.1, 0.15) is 15.4 Å². The van der Waals surface area contributed by atoms with Gasteiger partial charge in [-0.05, 0) is 12.1 Å². The number of halogens is 1. The number of thiazole rings is 1. The van der Waals surface area contributed by atoms with E-state index < -0.39 is 5.97 Å². The SMILES string of the molecule is COC(=O)c1n[nH]c2cccc(NCc3cnc(Cl)s3)c12. The molecule has 0 fully saturated rings. The zero-order valence-electron chi connectivity index (χ0n) is 11.0. The molecule has 0 spiro atoms. The molecule has 108 valence electrons. The van der Waals surface area contributed by atoms with Crippen LogP contribution in [0.4, 0.5) is 5.69 Å². The number of hydrogen-bond acceptors (Lipinski definition) is 6. The molecule has 0 atom stereocenters. The number of aromatic amines is 1. The number of fused-ring (bicyclic) bond motifs is 1. The van der Waals surface area contributed by atoms with E-state index in [1.165, 1.54) is 18.4 Å². The summed E-state index contributed by atoms with van der Waals surface area (Å²) in [5.41, 5.74) is 1.83. The summed E-state index contributed by atoms with van der Waals surface area (Å²) < 4.78 is 5.25. The summed E-state index contributed by atoms with van der Waals surface area (Å²) in [4.78, 5) is 16.8. The third-order valence-electron chi connectivity index (χ3n) is 2.95. The molecule has 0 saturated carbocycles. The summed E-state index contributed by atoms with van der Waals surface area (Å²) >= 11 is 7.21. The number of carbonyl (C=O) groups is 1. The second-order valence-corrected chi connectivity index (χ2v) is 5.92. The van der Waals surface area contributed by atoms with Crippen molar-refractivity contribution in [1.29, 1.82) is 0 Å². The van der Waals surface area contributed by atoms with Gasteiger partial charge < -0.3 is 10.1 Å². The van der Waals surface area contributed by atoms with Crippen LogP contribution in [0.25, 0.3) is 10.9 Å². The first kappa shape index (κ1) is 13.8. The number of esters is 1. The number of hydrogen-bond donors (Lipinski definition) is 2. The highest BCUT2D eigenvalue weighted by Crippen LogP contribution is 2.27. The molecule has 0 saturated heterocycles. The molecule has 0 radical (unpaired) electrons. The number of H-pyrrole nitrogens is 1. The van der Waals surface area contributed by atoms with E-state index in [1.54, 1.807) is 6.20 Å². The van der Waals surface area contributed by atoms with Crippen molar-refractivity contribution in [3.05, 3.63) is 39.4 Å². The second kappa shape index (κ2) is 5.71. The van der Waals surface area contributed by atoms with Gasteiger partial charge in [0.1, 0.15) is 0 Å². The molecule has 0 amide bonds. The highest BCUT2D eigenvalue weighted by molar-refractivity contribution is 7.15. The van der Waals surface area contributed by atoms with E-state index in [2.05, 4.69) is 20.5 Å². The Bertz CT molecular complexity index is 798. The zero-order valence-corrected chi connectivity index (χ0v) is 12.6. The average Bonchev–Trinajstić information content (AvgIpc) is 3.10. The molecule has 0 aliphatic rings. The Morgan fingerprint density at radius 1 is 1.52 bits per heavy atom. The van der Waals surface area contributed by atoms with Crippen molar-refractivity contribution in [2.75, 3.05) is 12.4 Å². The molecule has 0 bridgehead atoms. The van der Waals surface area contributed by atoms with Gasteiger partial charge in [0.2, 0.25) is 0 Å². The molecule has 6 nitrogen and oxygen atoms in total. The number of rotatable bonds is 4. The Kier molecular flexibility index (Phi) is 3.76. The lowest BCUT2D eigenvalue weighted by Crippen LogP contribution is -2.04. The van der Waals surface area contributed by atoms with Gasteiger partial charge in [-0.25, -0.2) is 9.78 Å². The maximum Gasteiger partial charge on any atom is 0.359 e. The van der Waals surface area contributed by atoms with Crippen LogP contribution in [0.3, 0.4) is 0 Å². The quantitative estimate of drug-likeness (QED) is 0.722. The van der Waals surface area contributed by atoms with E-state index in [-0.39, 0.29) is 5.69 Å². The van der Waals surface area contributed by atoms with Crippen LogP contribution in [0.2, 0.25) is 4.47 Å². The fraction of sp³-hybridized carbons (Fsp3) is 0.154. The first-order valence-corrected chi connectivity index (χ1v) is 7.28. The van der Waals surface area contributed by atoms with E-state index in [4.69, 9.17) is 16.3 Å². The molecule has 2 heterocycles. The Balaban J connectivity index is 1.94. The van der Waals surface area contributed by atoms with Gasteiger partial charge in [-0.2, -0.15) is 5.10 Å². The van der Waals surface area contributed by atoms with Crippen LogP contribution in [0.15, 0.2) is 24.4 Å². The van der Waals surface area contributed by atoms with Gasteiger partial charge in [0.05, 0.1) is 24.6 Å². The van der Waals surface area contributed by atoms with E-state index in [0.29, 0.717) is 16.4 Å². The summed E-state index contributed by atoms with van der Waals surface area (Å²) in [5, 5.41) is 10.8. The highest BCUT2D eigenvalue weighted by atomic mass is 35.5. The fourth-order valence-electron chi connectivity index (χ4n) is 2.01. The normalized spacial score (nSPS) is 10.8. The molecule has 21 heavy (non-hydrogen) atoms. The first-order valence-electron chi connectivity index (χ1n) is 6.08. The van der Waals surface area contributed by atoms with E-state index in [0.717, 1.165) is 16.1 Å². The molecule has 8 heteroatoms. The molecule has 0 aliphatic heterocycles. The maximum absolute atomic E-state index is 11.8. The molecule has 2 aromatic heterocycles. The van der Waals surface area contributed by atoms with Crippen molar-refractivity contribution in [3.63, 3.8) is 0 Å². The largest absolute Gasteiger partial charge is 0.464 e. The van der Waals surface area contributed by atoms with Gasteiger partial charge >= 0.3 is 5.97 Å². The number of anilines is 1. The molecule has 1 aromatic carbocycles. The molecule has 2 N–H and O–H groups in total. The van der Waals surface area contributed by atoms with Crippen LogP contribution in [-0.2, 0) is 11.3 Å². The standard InChI is InChI=1S/C13H11ClN4O2S/c1-20-12(19)11-10-8(3-2-4-9(10)17-18-11)15-5-7-6-16-13(14)21-7/h2-4,6,15H,5H2,1H3,(H,17,18). The Morgan fingerprint density at radius 3 is 3.10 bits per heavy atom. The van der Waals surface area contributed by atoms with E-state index in [1.807, 2.05) is 18.2 Å². The number of benzene rings is 1. The summed E-state index contributed by atoms with van der Waals surface area (Å²) in [6.45, 7) is 0.565. The second-order valence-electron chi connectivity index (χ2n) is 4.23. The minimum atomic E-state index is -0.476. The van der Waals surface area contributed by atoms with Gasteiger partial charge in [-0.15, -0.1) is 11.3 Å². The minimum Gasteiger partial charge on any atom is -0.464 e. The zero-order chi connectivity index (χ0) is 14.8. The Hall–Kier alpha value is -2.12. The van der Waals surface area contributed by atoms with Crippen LogP contribution in [0.5, 0.6) is 0 Å². The van der Waals surface area contributed by atoms with Crippen molar-refractivity contribution in [2.24, 2.45) is 0 Å². The maximum atomic E-state index is 11.8. The Labute approximate surface area is 129 Å². The predicted molar refractivity (Wildman–Crippen MR) is 81.9 cm³/mol. The van der Waals surface area contributed by atoms with Gasteiger partial charge in [0.15, 0.2) is 10.2 Å². The molecule has 3 rings (SSSR count). The number of methoxy groups -OCH3 is 1. The summed E-state index contributed by atoms with van der Waals surface area (Å²) in [5.74, 6) is -0.476. The fourth-order valence-corrected chi connectivity index (χ4v) is 2.93. The molecule has 0 unspecified atom stereocenters. The molecule has 0 aliphatic carbocycles. The van der Waals surface area contributed by atoms with Gasteiger partial charge in [-0.3, -0.25) is 5.10 Å². The van der Waals surface area contributed by atoms with Crippen molar-refractivity contribution < 1.29 is 9.53 Å². The van der Waals surface area contributed by atoms with Crippen LogP contribution in [0, 0.1) is 0 Å². The average molecular weight is 323 g/mol. The lowest BCUT2D eigenvalue weighted by molar-refractivity contribution is 0.0596. The van der Waals surface area contributed by atoms with Crippen molar-refractivity contribution >= 4 is 45.5 Å². The summed E-state index contributed by atoms with van der Waals surface area (Å²) in [6.07, 6.45) is 1.72. The van der Waals surface area contributed by atoms with Crippen molar-refractivity contribution in [3.8, 4) is 0 Å². The smallest absolute Gasteiger partial charge is 0.359 e. The lowest BCUT2D eigenvalue weighted by atomic mass is 10.1. The predicted octanol–water partition coefficient (Wildman–Crippen LogP) is 3.07. The van der Waals surface area contributed by atoms with Gasteiger partial charge in [0.25, 0.3) is 0 Å². The number of carbonyl (C=O) groups excluding carboxylic acids is 1. The molecular formula is C13H11ClN4O2S. The summed E-state index contributed by atoms with van der Waals surface area (Å²) in [7, 11) is 1.33. The van der Waals surface area contributed by atoms with Crippen molar-refractivity contribution in [2.45, 2.75) is 6.54 Å². The third-order valence-corrected chi connectivity index (χ3v) is 4.06. The monoisotopic (exact) mass is 322 g/mol. The number of aromatic nitrogens is 3. The van der Waals surface area contributed by atoms with Crippen LogP contribution >= 0.6 is 22.9 Å².